The fraction of sp³-hybridized carbons (Fsp3) is 0.500. The van der Waals surface area contributed by atoms with Crippen LogP contribution in [-0.2, 0) is 0 Å². The molecule has 13 heavy (non-hydrogen) atoms. The third-order valence-electron chi connectivity index (χ3n) is 2.50. The summed E-state index contributed by atoms with van der Waals surface area (Å²) in [6.07, 6.45) is 1.12. The fourth-order valence-electron chi connectivity index (χ4n) is 1.85. The first-order chi connectivity index (χ1) is 6.25. The normalized spacial score (nSPS) is 22.1. The molecule has 2 rings (SSSR count). The Labute approximate surface area is 77.2 Å². The first-order valence-corrected chi connectivity index (χ1v) is 4.67. The molecule has 3 heteroatoms. The summed E-state index contributed by atoms with van der Waals surface area (Å²) in [5, 5.41) is 3.29. The SMILES string of the molecule is Cc1cc(=O)cc([C@@H]2CCNC2)[nH]1. The van der Waals surface area contributed by atoms with Gasteiger partial charge in [-0.2, -0.15) is 0 Å². The molecular weight excluding hydrogens is 164 g/mol. The standard InChI is InChI=1S/C10H14N2O/c1-7-4-9(13)5-10(12-7)8-2-3-11-6-8/h4-5,8,11H,2-3,6H2,1H3,(H,12,13)/t8-/m1/s1. The smallest absolute Gasteiger partial charge is 0.182 e. The van der Waals surface area contributed by atoms with E-state index < -0.39 is 0 Å². The van der Waals surface area contributed by atoms with Crippen LogP contribution in [0.5, 0.6) is 0 Å². The summed E-state index contributed by atoms with van der Waals surface area (Å²) in [5.41, 5.74) is 2.14. The van der Waals surface area contributed by atoms with E-state index in [1.807, 2.05) is 6.92 Å². The highest BCUT2D eigenvalue weighted by Gasteiger charge is 2.17. The second-order valence-corrected chi connectivity index (χ2v) is 3.64. The molecule has 0 spiro atoms. The molecule has 0 saturated carbocycles. The molecule has 0 amide bonds. The number of pyridine rings is 1. The highest BCUT2D eigenvalue weighted by molar-refractivity contribution is 5.15. The van der Waals surface area contributed by atoms with Gasteiger partial charge in [-0.05, 0) is 19.9 Å². The number of aromatic amines is 1. The van der Waals surface area contributed by atoms with Crippen molar-refractivity contribution in [3.05, 3.63) is 33.7 Å². The molecular formula is C10H14N2O. The number of rotatable bonds is 1. The second kappa shape index (κ2) is 3.34. The lowest BCUT2D eigenvalue weighted by atomic mass is 10.0. The van der Waals surface area contributed by atoms with Gasteiger partial charge in [0.05, 0.1) is 0 Å². The summed E-state index contributed by atoms with van der Waals surface area (Å²) < 4.78 is 0. The van der Waals surface area contributed by atoms with E-state index in [1.54, 1.807) is 12.1 Å². The van der Waals surface area contributed by atoms with Crippen LogP contribution in [0.4, 0.5) is 0 Å². The topological polar surface area (TPSA) is 44.9 Å². The molecule has 0 aromatic carbocycles. The van der Waals surface area contributed by atoms with Gasteiger partial charge in [0, 0.05) is 36.0 Å². The molecule has 1 aliphatic rings. The van der Waals surface area contributed by atoms with Crippen LogP contribution >= 0.6 is 0 Å². The Morgan fingerprint density at radius 1 is 1.46 bits per heavy atom. The van der Waals surface area contributed by atoms with Crippen LogP contribution in [0.2, 0.25) is 0 Å². The minimum absolute atomic E-state index is 0.109. The maximum atomic E-state index is 11.2. The molecule has 0 radical (unpaired) electrons. The summed E-state index contributed by atoms with van der Waals surface area (Å²) in [7, 11) is 0. The van der Waals surface area contributed by atoms with Crippen LogP contribution in [0.1, 0.15) is 23.7 Å². The van der Waals surface area contributed by atoms with Crippen molar-refractivity contribution >= 4 is 0 Å². The van der Waals surface area contributed by atoms with E-state index in [9.17, 15) is 4.79 Å². The maximum absolute atomic E-state index is 11.2. The number of aryl methyl sites for hydroxylation is 1. The molecule has 0 unspecified atom stereocenters. The van der Waals surface area contributed by atoms with Crippen molar-refractivity contribution < 1.29 is 0 Å². The molecule has 1 aliphatic heterocycles. The Kier molecular flexibility index (Phi) is 2.19. The zero-order chi connectivity index (χ0) is 9.26. The van der Waals surface area contributed by atoms with Crippen molar-refractivity contribution in [2.45, 2.75) is 19.3 Å². The van der Waals surface area contributed by atoms with Crippen molar-refractivity contribution in [3.63, 3.8) is 0 Å². The summed E-state index contributed by atoms with van der Waals surface area (Å²) >= 11 is 0. The molecule has 1 aromatic rings. The Hall–Kier alpha value is -1.09. The van der Waals surface area contributed by atoms with Crippen LogP contribution < -0.4 is 10.7 Å². The minimum Gasteiger partial charge on any atom is -0.362 e. The van der Waals surface area contributed by atoms with Crippen molar-refractivity contribution in [2.75, 3.05) is 13.1 Å². The molecule has 3 nitrogen and oxygen atoms in total. The highest BCUT2D eigenvalue weighted by atomic mass is 16.1. The van der Waals surface area contributed by atoms with Crippen LogP contribution in [-0.4, -0.2) is 18.1 Å². The molecule has 2 heterocycles. The van der Waals surface area contributed by atoms with Gasteiger partial charge >= 0.3 is 0 Å². The molecule has 0 aliphatic carbocycles. The lowest BCUT2D eigenvalue weighted by molar-refractivity contribution is 0.730. The molecule has 1 aromatic heterocycles. The Balaban J connectivity index is 2.33. The van der Waals surface area contributed by atoms with Gasteiger partial charge in [-0.25, -0.2) is 0 Å². The quantitative estimate of drug-likeness (QED) is 0.667. The van der Waals surface area contributed by atoms with Crippen molar-refractivity contribution in [1.29, 1.82) is 0 Å². The third-order valence-corrected chi connectivity index (χ3v) is 2.50. The van der Waals surface area contributed by atoms with E-state index in [0.717, 1.165) is 30.9 Å². The van der Waals surface area contributed by atoms with Gasteiger partial charge in [0.1, 0.15) is 0 Å². The number of hydrogen-bond acceptors (Lipinski definition) is 2. The Morgan fingerprint density at radius 3 is 2.92 bits per heavy atom. The number of nitrogens with one attached hydrogen (secondary N) is 2. The van der Waals surface area contributed by atoms with E-state index in [0.29, 0.717) is 5.92 Å². The van der Waals surface area contributed by atoms with E-state index in [1.165, 1.54) is 0 Å². The van der Waals surface area contributed by atoms with Crippen LogP contribution in [0.25, 0.3) is 0 Å². The first kappa shape index (κ1) is 8.51. The van der Waals surface area contributed by atoms with E-state index in [4.69, 9.17) is 0 Å². The summed E-state index contributed by atoms with van der Waals surface area (Å²) in [6.45, 7) is 3.97. The largest absolute Gasteiger partial charge is 0.362 e. The van der Waals surface area contributed by atoms with Gasteiger partial charge in [-0.3, -0.25) is 4.79 Å². The van der Waals surface area contributed by atoms with Gasteiger partial charge in [-0.1, -0.05) is 0 Å². The average molecular weight is 178 g/mol. The summed E-state index contributed by atoms with van der Waals surface area (Å²) in [5.74, 6) is 0.493. The molecule has 1 atom stereocenters. The minimum atomic E-state index is 0.109. The molecule has 1 saturated heterocycles. The predicted octanol–water partition coefficient (Wildman–Crippen LogP) is 0.760. The van der Waals surface area contributed by atoms with Gasteiger partial charge < -0.3 is 10.3 Å². The van der Waals surface area contributed by atoms with E-state index in [-0.39, 0.29) is 5.43 Å². The van der Waals surface area contributed by atoms with Crippen LogP contribution in [0, 0.1) is 6.92 Å². The first-order valence-electron chi connectivity index (χ1n) is 4.67. The average Bonchev–Trinajstić information content (AvgIpc) is 2.53. The van der Waals surface area contributed by atoms with Gasteiger partial charge in [0.2, 0.25) is 0 Å². The molecule has 1 fully saturated rings. The fourth-order valence-corrected chi connectivity index (χ4v) is 1.85. The third kappa shape index (κ3) is 1.80. The monoisotopic (exact) mass is 178 g/mol. The van der Waals surface area contributed by atoms with E-state index in [2.05, 4.69) is 10.3 Å². The zero-order valence-corrected chi connectivity index (χ0v) is 7.76. The Morgan fingerprint density at radius 2 is 2.31 bits per heavy atom. The van der Waals surface area contributed by atoms with Gasteiger partial charge in [-0.15, -0.1) is 0 Å². The van der Waals surface area contributed by atoms with E-state index >= 15 is 0 Å². The lowest BCUT2D eigenvalue weighted by Gasteiger charge is -2.08. The van der Waals surface area contributed by atoms with Crippen molar-refractivity contribution in [2.24, 2.45) is 0 Å². The van der Waals surface area contributed by atoms with Gasteiger partial charge in [0.25, 0.3) is 0 Å². The lowest BCUT2D eigenvalue weighted by Crippen LogP contribution is -2.12. The van der Waals surface area contributed by atoms with Gasteiger partial charge in [0.15, 0.2) is 5.43 Å². The van der Waals surface area contributed by atoms with Crippen molar-refractivity contribution in [1.82, 2.24) is 10.3 Å². The molecule has 0 bridgehead atoms. The summed E-state index contributed by atoms with van der Waals surface area (Å²) in [6, 6.07) is 3.34. The summed E-state index contributed by atoms with van der Waals surface area (Å²) in [4.78, 5) is 14.5. The Bertz CT molecular complexity index is 350. The van der Waals surface area contributed by atoms with Crippen LogP contribution in [0.15, 0.2) is 16.9 Å². The molecule has 70 valence electrons. The number of H-pyrrole nitrogens is 1. The number of aromatic nitrogens is 1. The zero-order valence-electron chi connectivity index (χ0n) is 7.76. The maximum Gasteiger partial charge on any atom is 0.182 e. The second-order valence-electron chi connectivity index (χ2n) is 3.64. The van der Waals surface area contributed by atoms with Crippen molar-refractivity contribution in [3.8, 4) is 0 Å². The number of hydrogen-bond donors (Lipinski definition) is 2. The molecule has 2 N–H and O–H groups in total. The predicted molar refractivity (Wildman–Crippen MR) is 52.0 cm³/mol. The van der Waals surface area contributed by atoms with Crippen LogP contribution in [0.3, 0.4) is 0 Å². The highest BCUT2D eigenvalue weighted by Crippen LogP contribution is 2.18.